The maximum absolute atomic E-state index is 11.4. The average Bonchev–Trinajstić information content (AvgIpc) is 2.29. The zero-order chi connectivity index (χ0) is 15.8. The predicted molar refractivity (Wildman–Crippen MR) is 77.8 cm³/mol. The van der Waals surface area contributed by atoms with Gasteiger partial charge in [0.1, 0.15) is 0 Å². The molecule has 5 nitrogen and oxygen atoms in total. The molecule has 0 aromatic heterocycles. The quantitative estimate of drug-likeness (QED) is 0.190. The molecule has 0 radical (unpaired) electrons. The van der Waals surface area contributed by atoms with Gasteiger partial charge in [0, 0.05) is 0 Å². The molecule has 1 N–H and O–H groups in total. The molecule has 1 amide bonds. The van der Waals surface area contributed by atoms with Gasteiger partial charge in [-0.3, -0.25) is 0 Å². The van der Waals surface area contributed by atoms with E-state index in [0.717, 1.165) is 28.2 Å². The van der Waals surface area contributed by atoms with Crippen LogP contribution in [0.4, 0.5) is 0 Å². The van der Waals surface area contributed by atoms with Crippen molar-refractivity contribution in [2.45, 2.75) is 33.1 Å². The summed E-state index contributed by atoms with van der Waals surface area (Å²) in [5, 5.41) is 2.91. The van der Waals surface area contributed by atoms with Crippen LogP contribution in [0.2, 0.25) is 0 Å². The van der Waals surface area contributed by atoms with Crippen LogP contribution in [0, 0.1) is 5.92 Å². The van der Waals surface area contributed by atoms with Crippen molar-refractivity contribution in [2.24, 2.45) is 5.92 Å². The third kappa shape index (κ3) is 11.9. The van der Waals surface area contributed by atoms with Gasteiger partial charge in [-0.25, -0.2) is 0 Å². The Kier molecular flexibility index (Phi) is 9.24. The number of hydrogen-bond acceptors (Lipinski definition) is 4. The first-order chi connectivity index (χ1) is 9.03. The number of carbonyl (C=O) groups excluding carboxylic acids is 1. The van der Waals surface area contributed by atoms with Crippen molar-refractivity contribution >= 4 is 16.0 Å². The second kappa shape index (κ2) is 9.19. The van der Waals surface area contributed by atoms with E-state index in [1.165, 1.54) is 0 Å². The molecule has 0 saturated carbocycles. The first-order valence-electron chi connectivity index (χ1n) is 6.83. The summed E-state index contributed by atoms with van der Waals surface area (Å²) in [4.78, 5) is 16.0. The second-order valence-corrected chi connectivity index (χ2v) is 18.8. The van der Waals surface area contributed by atoms with Gasteiger partial charge in [-0.2, -0.15) is 0 Å². The summed E-state index contributed by atoms with van der Waals surface area (Å²) in [6, 6.07) is 0. The Balaban J connectivity index is 3.77. The first-order valence-corrected chi connectivity index (χ1v) is 15.8. The van der Waals surface area contributed by atoms with Gasteiger partial charge >= 0.3 is 128 Å². The summed E-state index contributed by atoms with van der Waals surface area (Å²) < 4.78 is 33.7. The Morgan fingerprint density at radius 1 is 1.15 bits per heavy atom. The third-order valence-corrected chi connectivity index (χ3v) is 11.1. The van der Waals surface area contributed by atoms with Crippen LogP contribution in [-0.4, -0.2) is 49.9 Å². The fourth-order valence-corrected chi connectivity index (χ4v) is 7.82. The van der Waals surface area contributed by atoms with E-state index in [2.05, 4.69) is 15.2 Å². The normalized spacial score (nSPS) is 13.5. The molecule has 0 spiro atoms. The molecule has 0 aliphatic heterocycles. The molecule has 7 heteroatoms. The minimum absolute atomic E-state index is 0.0259. The van der Waals surface area contributed by atoms with Crippen LogP contribution in [0.5, 0.6) is 0 Å². The standard InChI is InChI=1S/C13H29INO4S/c1-12(2)13(16)15-10-7-9-14(3,4)8-5-6-11-20(17,18)19/h12H,5-11H2,1-4H3,(H,15,16)(H,17,18,19)/q-1/p-1. The molecule has 0 rings (SSSR count). The zero-order valence-electron chi connectivity index (χ0n) is 12.9. The van der Waals surface area contributed by atoms with Gasteiger partial charge in [0.2, 0.25) is 0 Å². The van der Waals surface area contributed by atoms with Crippen LogP contribution >= 0.6 is 0 Å². The van der Waals surface area contributed by atoms with Gasteiger partial charge in [-0.15, -0.1) is 0 Å². The number of nitrogens with one attached hydrogen (secondary N) is 1. The monoisotopic (exact) mass is 421 g/mol. The van der Waals surface area contributed by atoms with E-state index in [1.807, 2.05) is 13.8 Å². The Bertz CT molecular complexity index is 393. The van der Waals surface area contributed by atoms with Gasteiger partial charge in [-0.1, -0.05) is 0 Å². The number of alkyl halides is 4. The van der Waals surface area contributed by atoms with Gasteiger partial charge < -0.3 is 0 Å². The van der Waals surface area contributed by atoms with E-state index in [4.69, 9.17) is 0 Å². The van der Waals surface area contributed by atoms with Gasteiger partial charge in [0.25, 0.3) is 0 Å². The van der Waals surface area contributed by atoms with Crippen molar-refractivity contribution in [3.63, 3.8) is 0 Å². The van der Waals surface area contributed by atoms with Crippen LogP contribution in [0.1, 0.15) is 33.1 Å². The number of carbonyl (C=O) groups is 1. The second-order valence-electron chi connectivity index (χ2n) is 5.78. The first kappa shape index (κ1) is 20.1. The summed E-state index contributed by atoms with van der Waals surface area (Å²) >= 11 is -1.78. The SMILES string of the molecule is CC(C)C(=O)NCCC[I-](C)(C)CCCCS(=O)(=O)[O-]. The molecule has 0 fully saturated rings. The van der Waals surface area contributed by atoms with Crippen molar-refractivity contribution in [3.8, 4) is 0 Å². The number of hydrogen-bond donors (Lipinski definition) is 1. The molecule has 0 atom stereocenters. The number of unbranched alkanes of at least 4 members (excludes halogenated alkanes) is 1. The molecule has 124 valence electrons. The number of halogens is 1. The van der Waals surface area contributed by atoms with E-state index >= 15 is 0 Å². The van der Waals surface area contributed by atoms with Crippen LogP contribution < -0.4 is 23.8 Å². The van der Waals surface area contributed by atoms with Crippen LogP contribution in [-0.2, 0) is 14.9 Å². The number of rotatable bonds is 10. The molecule has 0 aliphatic carbocycles. The minimum atomic E-state index is -4.06. The van der Waals surface area contributed by atoms with Crippen molar-refractivity contribution in [2.75, 3.05) is 31.0 Å². The molecular weight excluding hydrogens is 393 g/mol. The summed E-state index contributed by atoms with van der Waals surface area (Å²) in [6.45, 7) is 4.47. The van der Waals surface area contributed by atoms with Crippen LogP contribution in [0.15, 0.2) is 0 Å². The summed E-state index contributed by atoms with van der Waals surface area (Å²) in [5.41, 5.74) is 0. The van der Waals surface area contributed by atoms with E-state index in [1.54, 1.807) is 0 Å². The molecule has 0 aromatic rings. The summed E-state index contributed by atoms with van der Waals surface area (Å²) in [7, 11) is -4.06. The maximum atomic E-state index is 11.4. The molecule has 0 heterocycles. The van der Waals surface area contributed by atoms with Crippen LogP contribution in [0.25, 0.3) is 0 Å². The fraction of sp³-hybridized carbons (Fsp3) is 0.923. The van der Waals surface area contributed by atoms with Crippen molar-refractivity contribution < 1.29 is 36.2 Å². The van der Waals surface area contributed by atoms with E-state index in [-0.39, 0.29) is 17.6 Å². The molecule has 0 aliphatic rings. The predicted octanol–water partition coefficient (Wildman–Crippen LogP) is -2.11. The molecular formula is C13H28INO4S-2. The molecule has 20 heavy (non-hydrogen) atoms. The molecule has 0 unspecified atom stereocenters. The Morgan fingerprint density at radius 2 is 1.70 bits per heavy atom. The Labute approximate surface area is 127 Å². The Morgan fingerprint density at radius 3 is 2.20 bits per heavy atom. The zero-order valence-corrected chi connectivity index (χ0v) is 15.9. The molecule has 0 saturated heterocycles. The third-order valence-electron chi connectivity index (χ3n) is 2.94. The van der Waals surface area contributed by atoms with Crippen molar-refractivity contribution in [1.29, 1.82) is 0 Å². The molecule has 0 bridgehead atoms. The Hall–Kier alpha value is 0.110. The topological polar surface area (TPSA) is 86.3 Å². The van der Waals surface area contributed by atoms with Crippen molar-refractivity contribution in [3.05, 3.63) is 0 Å². The van der Waals surface area contributed by atoms with Gasteiger partial charge in [0.15, 0.2) is 0 Å². The van der Waals surface area contributed by atoms with E-state index in [0.29, 0.717) is 6.42 Å². The van der Waals surface area contributed by atoms with Gasteiger partial charge in [-0.05, 0) is 0 Å². The van der Waals surface area contributed by atoms with Gasteiger partial charge in [0.05, 0.1) is 0 Å². The summed E-state index contributed by atoms with van der Waals surface area (Å²) in [5.74, 6) is -0.123. The fourth-order valence-electron chi connectivity index (χ4n) is 1.67. The van der Waals surface area contributed by atoms with E-state index < -0.39 is 28.6 Å². The molecule has 0 aromatic carbocycles. The van der Waals surface area contributed by atoms with E-state index in [9.17, 15) is 17.8 Å². The number of amides is 1. The van der Waals surface area contributed by atoms with Crippen molar-refractivity contribution in [1.82, 2.24) is 5.32 Å². The van der Waals surface area contributed by atoms with Crippen LogP contribution in [0.3, 0.4) is 0 Å². The summed E-state index contributed by atoms with van der Waals surface area (Å²) in [6.07, 6.45) is 2.29. The average molecular weight is 421 g/mol.